The molecule has 0 atom stereocenters. The van der Waals surface area contributed by atoms with Gasteiger partial charge in [-0.2, -0.15) is 13.2 Å². The second-order valence-electron chi connectivity index (χ2n) is 5.67. The van der Waals surface area contributed by atoms with E-state index in [1.807, 2.05) is 0 Å². The number of pyridine rings is 1. The highest BCUT2D eigenvalue weighted by Gasteiger charge is 2.32. The first-order valence-corrected chi connectivity index (χ1v) is 8.23. The van der Waals surface area contributed by atoms with E-state index in [4.69, 9.17) is 0 Å². The van der Waals surface area contributed by atoms with Crippen molar-refractivity contribution in [2.24, 2.45) is 0 Å². The molecule has 1 heterocycles. The third kappa shape index (κ3) is 4.91. The third-order valence-corrected chi connectivity index (χ3v) is 4.11. The number of nitro groups is 1. The molecule has 0 spiro atoms. The summed E-state index contributed by atoms with van der Waals surface area (Å²) in [6, 6.07) is 5.55. The minimum atomic E-state index is -4.61. The summed E-state index contributed by atoms with van der Waals surface area (Å²) in [6.45, 7) is 5.35. The van der Waals surface area contributed by atoms with E-state index in [-0.39, 0.29) is 23.5 Å². The van der Waals surface area contributed by atoms with Crippen LogP contribution in [0.2, 0.25) is 0 Å². The Morgan fingerprint density at radius 1 is 1.33 bits per heavy atom. The van der Waals surface area contributed by atoms with Gasteiger partial charge in [0.1, 0.15) is 5.69 Å². The maximum atomic E-state index is 12.9. The van der Waals surface area contributed by atoms with Crippen LogP contribution in [-0.4, -0.2) is 22.4 Å². The van der Waals surface area contributed by atoms with Crippen LogP contribution in [0, 0.1) is 10.1 Å². The van der Waals surface area contributed by atoms with Gasteiger partial charge in [-0.1, -0.05) is 12.2 Å². The number of amides is 1. The molecule has 0 N–H and O–H groups in total. The zero-order valence-electron chi connectivity index (χ0n) is 14.0. The van der Waals surface area contributed by atoms with Crippen molar-refractivity contribution in [2.45, 2.75) is 13.1 Å². The van der Waals surface area contributed by atoms with Crippen molar-refractivity contribution in [1.29, 1.82) is 0 Å². The van der Waals surface area contributed by atoms with Crippen LogP contribution in [0.15, 0.2) is 53.2 Å². The summed E-state index contributed by atoms with van der Waals surface area (Å²) in [5.41, 5.74) is -0.725. The zero-order valence-corrected chi connectivity index (χ0v) is 15.5. The van der Waals surface area contributed by atoms with E-state index in [2.05, 4.69) is 27.5 Å². The molecular formula is C17H13BrF3N3O3. The Bertz CT molecular complexity index is 899. The number of alkyl halides is 3. The molecule has 27 heavy (non-hydrogen) atoms. The molecule has 0 aliphatic rings. The van der Waals surface area contributed by atoms with Gasteiger partial charge in [0.15, 0.2) is 0 Å². The number of carbonyl (C=O) groups is 1. The fourth-order valence-electron chi connectivity index (χ4n) is 2.20. The molecule has 6 nitrogen and oxygen atoms in total. The second kappa shape index (κ2) is 7.87. The number of anilines is 1. The Hall–Kier alpha value is -2.75. The topological polar surface area (TPSA) is 76.3 Å². The van der Waals surface area contributed by atoms with Crippen LogP contribution in [0.5, 0.6) is 0 Å². The molecule has 1 aromatic heterocycles. The number of hydrogen-bond donors (Lipinski definition) is 0. The molecule has 1 amide bonds. The van der Waals surface area contributed by atoms with Gasteiger partial charge in [0.05, 0.1) is 22.4 Å². The summed E-state index contributed by atoms with van der Waals surface area (Å²) in [5, 5.41) is 11.0. The van der Waals surface area contributed by atoms with Crippen LogP contribution in [0.3, 0.4) is 0 Å². The highest BCUT2D eigenvalue weighted by Crippen LogP contribution is 2.30. The summed E-state index contributed by atoms with van der Waals surface area (Å²) < 4.78 is 38.4. The summed E-state index contributed by atoms with van der Waals surface area (Å²) in [6.07, 6.45) is -3.68. The van der Waals surface area contributed by atoms with Crippen LogP contribution in [0.1, 0.15) is 23.0 Å². The fourth-order valence-corrected chi connectivity index (χ4v) is 2.62. The Kier molecular flexibility index (Phi) is 5.99. The largest absolute Gasteiger partial charge is 0.433 e. The van der Waals surface area contributed by atoms with E-state index in [0.29, 0.717) is 10.0 Å². The van der Waals surface area contributed by atoms with Crippen molar-refractivity contribution in [3.63, 3.8) is 0 Å². The molecule has 10 heteroatoms. The Labute approximate surface area is 160 Å². The van der Waals surface area contributed by atoms with Crippen molar-refractivity contribution in [1.82, 2.24) is 4.98 Å². The molecule has 0 aliphatic carbocycles. The average molecular weight is 444 g/mol. The lowest BCUT2D eigenvalue weighted by atomic mass is 10.1. The summed E-state index contributed by atoms with van der Waals surface area (Å²) in [4.78, 5) is 27.8. The molecule has 0 bridgehead atoms. The number of hydrogen-bond acceptors (Lipinski definition) is 4. The number of nitro benzene ring substituents is 1. The first kappa shape index (κ1) is 20.6. The van der Waals surface area contributed by atoms with Gasteiger partial charge in [-0.3, -0.25) is 14.9 Å². The lowest BCUT2D eigenvalue weighted by Gasteiger charge is -2.23. The van der Waals surface area contributed by atoms with E-state index in [1.165, 1.54) is 12.1 Å². The second-order valence-corrected chi connectivity index (χ2v) is 6.52. The quantitative estimate of drug-likeness (QED) is 0.370. The Balaban J connectivity index is 2.48. The molecule has 0 radical (unpaired) electrons. The van der Waals surface area contributed by atoms with Gasteiger partial charge in [-0.25, -0.2) is 4.98 Å². The third-order valence-electron chi connectivity index (χ3n) is 3.41. The van der Waals surface area contributed by atoms with Gasteiger partial charge >= 0.3 is 6.18 Å². The Morgan fingerprint density at radius 2 is 2.00 bits per heavy atom. The van der Waals surface area contributed by atoms with Gasteiger partial charge in [-0.15, -0.1) is 0 Å². The molecule has 0 aliphatic heterocycles. The SMILES string of the molecule is C=C(C)CN(C(=O)c1cc([N+](=O)[O-])ccc1Br)c1ccc(C(F)(F)F)nc1. The number of benzene rings is 1. The smallest absolute Gasteiger partial charge is 0.303 e. The van der Waals surface area contributed by atoms with Crippen LogP contribution >= 0.6 is 15.9 Å². The first-order valence-electron chi connectivity index (χ1n) is 7.44. The Morgan fingerprint density at radius 3 is 2.48 bits per heavy atom. The number of carbonyl (C=O) groups excluding carboxylic acids is 1. The maximum absolute atomic E-state index is 12.9. The van der Waals surface area contributed by atoms with E-state index in [0.717, 1.165) is 29.3 Å². The number of halogens is 4. The van der Waals surface area contributed by atoms with Crippen LogP contribution in [0.25, 0.3) is 0 Å². The van der Waals surface area contributed by atoms with Crippen LogP contribution < -0.4 is 4.90 Å². The standard InChI is InChI=1S/C17H13BrF3N3O3/c1-10(2)9-23(12-4-6-15(22-8-12)17(19,20)21)16(25)13-7-11(24(26)27)3-5-14(13)18/h3-8H,1,9H2,2H3. The number of rotatable bonds is 5. The number of nitrogens with zero attached hydrogens (tertiary/aromatic N) is 3. The number of non-ortho nitro benzene ring substituents is 1. The van der Waals surface area contributed by atoms with E-state index in [1.54, 1.807) is 6.92 Å². The van der Waals surface area contributed by atoms with Crippen molar-refractivity contribution in [3.05, 3.63) is 74.5 Å². The highest BCUT2D eigenvalue weighted by molar-refractivity contribution is 9.10. The molecule has 0 fully saturated rings. The minimum Gasteiger partial charge on any atom is -0.303 e. The van der Waals surface area contributed by atoms with Crippen LogP contribution in [0.4, 0.5) is 24.5 Å². The number of aromatic nitrogens is 1. The molecule has 2 aromatic rings. The van der Waals surface area contributed by atoms with Gasteiger partial charge in [0, 0.05) is 23.2 Å². The molecule has 0 unspecified atom stereocenters. The normalized spacial score (nSPS) is 11.1. The summed E-state index contributed by atoms with van der Waals surface area (Å²) in [7, 11) is 0. The van der Waals surface area contributed by atoms with Crippen molar-refractivity contribution in [3.8, 4) is 0 Å². The molecule has 2 rings (SSSR count). The molecular weight excluding hydrogens is 431 g/mol. The molecule has 0 saturated heterocycles. The van der Waals surface area contributed by atoms with Gasteiger partial charge in [0.2, 0.25) is 0 Å². The highest BCUT2D eigenvalue weighted by atomic mass is 79.9. The molecule has 0 saturated carbocycles. The summed E-state index contributed by atoms with van der Waals surface area (Å²) in [5.74, 6) is -0.643. The lowest BCUT2D eigenvalue weighted by molar-refractivity contribution is -0.384. The fraction of sp³-hybridized carbons (Fsp3) is 0.176. The predicted octanol–water partition coefficient (Wildman–Crippen LogP) is 4.99. The molecule has 142 valence electrons. The average Bonchev–Trinajstić information content (AvgIpc) is 2.58. The molecule has 1 aromatic carbocycles. The predicted molar refractivity (Wildman–Crippen MR) is 96.5 cm³/mol. The zero-order chi connectivity index (χ0) is 20.4. The first-order chi connectivity index (χ1) is 12.5. The van der Waals surface area contributed by atoms with Crippen molar-refractivity contribution >= 4 is 33.2 Å². The van der Waals surface area contributed by atoms with Crippen molar-refractivity contribution in [2.75, 3.05) is 11.4 Å². The summed E-state index contributed by atoms with van der Waals surface area (Å²) >= 11 is 3.17. The van der Waals surface area contributed by atoms with Crippen molar-refractivity contribution < 1.29 is 22.9 Å². The minimum absolute atomic E-state index is 0.00100. The van der Waals surface area contributed by atoms with E-state index < -0.39 is 22.7 Å². The van der Waals surface area contributed by atoms with Crippen LogP contribution in [-0.2, 0) is 6.18 Å². The monoisotopic (exact) mass is 443 g/mol. The van der Waals surface area contributed by atoms with Gasteiger partial charge in [-0.05, 0) is 41.1 Å². The van der Waals surface area contributed by atoms with E-state index in [9.17, 15) is 28.1 Å². The van der Waals surface area contributed by atoms with Gasteiger partial charge < -0.3 is 4.90 Å². The van der Waals surface area contributed by atoms with E-state index >= 15 is 0 Å². The maximum Gasteiger partial charge on any atom is 0.433 e. The van der Waals surface area contributed by atoms with Gasteiger partial charge in [0.25, 0.3) is 11.6 Å². The lowest BCUT2D eigenvalue weighted by Crippen LogP contribution is -2.33.